The predicted molar refractivity (Wildman–Crippen MR) is 123 cm³/mol. The van der Waals surface area contributed by atoms with Gasteiger partial charge in [0.15, 0.2) is 5.65 Å². The molecule has 0 amide bonds. The quantitative estimate of drug-likeness (QED) is 0.455. The van der Waals surface area contributed by atoms with Crippen LogP contribution in [0.2, 0.25) is 0 Å². The topological polar surface area (TPSA) is 46.3 Å². The molecule has 32 heavy (non-hydrogen) atoms. The summed E-state index contributed by atoms with van der Waals surface area (Å²) in [5.74, 6) is 0.228. The highest BCUT2D eigenvalue weighted by molar-refractivity contribution is 5.48. The van der Waals surface area contributed by atoms with Crippen molar-refractivity contribution in [2.24, 2.45) is 0 Å². The van der Waals surface area contributed by atoms with E-state index in [0.717, 1.165) is 66.3 Å². The van der Waals surface area contributed by atoms with Gasteiger partial charge in [0.1, 0.15) is 5.82 Å². The van der Waals surface area contributed by atoms with Gasteiger partial charge in [-0.1, -0.05) is 18.2 Å². The fraction of sp³-hybridized carbons (Fsp3) is 0.346. The van der Waals surface area contributed by atoms with Gasteiger partial charge in [0.25, 0.3) is 0 Å². The lowest BCUT2D eigenvalue weighted by molar-refractivity contribution is 0.199. The van der Waals surface area contributed by atoms with E-state index in [9.17, 15) is 4.39 Å². The standard InChI is InChI=1S/C26H28FN5/c1-18-11-19(2)32-26(30-18)23(15-29-32)17-31-10-4-6-22(16-31)25-9-8-21(14-28-25)12-20-5-3-7-24(27)13-20/h3,5,7-9,11,13-15,22H,4,6,10,12,16-17H2,1-2H3/t22-/m1/s1. The largest absolute Gasteiger partial charge is 0.298 e. The smallest absolute Gasteiger partial charge is 0.159 e. The summed E-state index contributed by atoms with van der Waals surface area (Å²) in [6.45, 7) is 7.02. The maximum atomic E-state index is 13.4. The van der Waals surface area contributed by atoms with Crippen LogP contribution in [0, 0.1) is 19.7 Å². The molecule has 0 bridgehead atoms. The third kappa shape index (κ3) is 4.41. The van der Waals surface area contributed by atoms with Gasteiger partial charge < -0.3 is 0 Å². The van der Waals surface area contributed by atoms with E-state index >= 15 is 0 Å². The molecule has 1 aromatic carbocycles. The Bertz CT molecular complexity index is 1230. The van der Waals surface area contributed by atoms with E-state index in [2.05, 4.69) is 35.1 Å². The van der Waals surface area contributed by atoms with E-state index < -0.39 is 0 Å². The Morgan fingerprint density at radius 1 is 1.06 bits per heavy atom. The van der Waals surface area contributed by atoms with Crippen molar-refractivity contribution in [3.63, 3.8) is 0 Å². The second-order valence-corrected chi connectivity index (χ2v) is 8.92. The molecule has 1 aliphatic heterocycles. The van der Waals surface area contributed by atoms with Gasteiger partial charge in [-0.2, -0.15) is 5.10 Å². The van der Waals surface area contributed by atoms with Gasteiger partial charge in [-0.15, -0.1) is 0 Å². The van der Waals surface area contributed by atoms with Crippen LogP contribution in [0.15, 0.2) is 54.9 Å². The number of hydrogen-bond acceptors (Lipinski definition) is 4. The molecule has 0 radical (unpaired) electrons. The molecule has 0 N–H and O–H groups in total. The van der Waals surface area contributed by atoms with E-state index in [1.54, 1.807) is 12.1 Å². The van der Waals surface area contributed by atoms with Crippen molar-refractivity contribution in [3.8, 4) is 0 Å². The highest BCUT2D eigenvalue weighted by Gasteiger charge is 2.23. The first-order chi connectivity index (χ1) is 15.5. The second kappa shape index (κ2) is 8.79. The van der Waals surface area contributed by atoms with Crippen LogP contribution in [0.1, 0.15) is 52.5 Å². The number of fused-ring (bicyclic) bond motifs is 1. The van der Waals surface area contributed by atoms with E-state index in [4.69, 9.17) is 9.97 Å². The zero-order valence-electron chi connectivity index (χ0n) is 18.6. The molecule has 0 unspecified atom stereocenters. The Balaban J connectivity index is 1.27. The molecule has 0 spiro atoms. The Hall–Kier alpha value is -3.12. The van der Waals surface area contributed by atoms with Gasteiger partial charge in [-0.25, -0.2) is 13.9 Å². The average Bonchev–Trinajstić information content (AvgIpc) is 3.17. The van der Waals surface area contributed by atoms with Crippen LogP contribution in [-0.2, 0) is 13.0 Å². The number of rotatable bonds is 5. The first-order valence-electron chi connectivity index (χ1n) is 11.3. The van der Waals surface area contributed by atoms with E-state index in [0.29, 0.717) is 12.3 Å². The number of benzene rings is 1. The minimum absolute atomic E-state index is 0.193. The molecule has 5 nitrogen and oxygen atoms in total. The van der Waals surface area contributed by atoms with Crippen LogP contribution in [0.4, 0.5) is 4.39 Å². The summed E-state index contributed by atoms with van der Waals surface area (Å²) in [5, 5.41) is 4.54. The molecule has 3 aromatic heterocycles. The summed E-state index contributed by atoms with van der Waals surface area (Å²) in [6.07, 6.45) is 6.90. The van der Waals surface area contributed by atoms with Crippen molar-refractivity contribution < 1.29 is 4.39 Å². The van der Waals surface area contributed by atoms with Gasteiger partial charge in [0.2, 0.25) is 0 Å². The molecule has 1 aliphatic rings. The average molecular weight is 430 g/mol. The number of nitrogens with zero attached hydrogens (tertiary/aromatic N) is 5. The van der Waals surface area contributed by atoms with Gasteiger partial charge >= 0.3 is 0 Å². The number of pyridine rings is 1. The molecule has 6 heteroatoms. The van der Waals surface area contributed by atoms with E-state index in [-0.39, 0.29) is 5.82 Å². The maximum absolute atomic E-state index is 13.4. The Labute approximate surface area is 187 Å². The molecule has 164 valence electrons. The van der Waals surface area contributed by atoms with Crippen LogP contribution in [0.25, 0.3) is 5.65 Å². The number of likely N-dealkylation sites (tertiary alicyclic amines) is 1. The molecule has 1 atom stereocenters. The number of aromatic nitrogens is 4. The Morgan fingerprint density at radius 3 is 2.78 bits per heavy atom. The molecule has 1 saturated heterocycles. The Kier molecular flexibility index (Phi) is 5.70. The fourth-order valence-electron chi connectivity index (χ4n) is 4.77. The third-order valence-electron chi connectivity index (χ3n) is 6.31. The summed E-state index contributed by atoms with van der Waals surface area (Å²) in [6, 6.07) is 13.1. The molecule has 1 fully saturated rings. The summed E-state index contributed by atoms with van der Waals surface area (Å²) in [5.41, 5.74) is 7.49. The SMILES string of the molecule is Cc1cc(C)n2ncc(CN3CCC[C@@H](c4ccc(Cc5cccc(F)c5)cn4)C3)c2n1. The third-order valence-corrected chi connectivity index (χ3v) is 6.31. The van der Waals surface area contributed by atoms with Gasteiger partial charge in [-0.3, -0.25) is 9.88 Å². The molecule has 4 heterocycles. The zero-order chi connectivity index (χ0) is 22.1. The minimum atomic E-state index is -0.193. The van der Waals surface area contributed by atoms with Gasteiger partial charge in [0, 0.05) is 47.8 Å². The van der Waals surface area contributed by atoms with E-state index in [1.807, 2.05) is 29.9 Å². The Morgan fingerprint density at radius 2 is 1.97 bits per heavy atom. The lowest BCUT2D eigenvalue weighted by atomic mass is 9.93. The highest BCUT2D eigenvalue weighted by Crippen LogP contribution is 2.27. The lowest BCUT2D eigenvalue weighted by Gasteiger charge is -2.32. The predicted octanol–water partition coefficient (Wildman–Crippen LogP) is 4.85. The maximum Gasteiger partial charge on any atom is 0.159 e. The molecule has 5 rings (SSSR count). The number of halogens is 1. The minimum Gasteiger partial charge on any atom is -0.298 e. The fourth-order valence-corrected chi connectivity index (χ4v) is 4.77. The molecule has 0 aliphatic carbocycles. The van der Waals surface area contributed by atoms with Crippen LogP contribution < -0.4 is 0 Å². The summed E-state index contributed by atoms with van der Waals surface area (Å²) >= 11 is 0. The second-order valence-electron chi connectivity index (χ2n) is 8.92. The molecular weight excluding hydrogens is 401 g/mol. The van der Waals surface area contributed by atoms with Crippen molar-refractivity contribution >= 4 is 5.65 Å². The van der Waals surface area contributed by atoms with Crippen LogP contribution in [0.5, 0.6) is 0 Å². The first kappa shape index (κ1) is 20.8. The summed E-state index contributed by atoms with van der Waals surface area (Å²) in [7, 11) is 0. The van der Waals surface area contributed by atoms with Gasteiger partial charge in [0.05, 0.1) is 6.20 Å². The number of hydrogen-bond donors (Lipinski definition) is 0. The van der Waals surface area contributed by atoms with Crippen LogP contribution in [-0.4, -0.2) is 37.6 Å². The van der Waals surface area contributed by atoms with Crippen molar-refractivity contribution in [1.82, 2.24) is 24.5 Å². The van der Waals surface area contributed by atoms with Crippen molar-refractivity contribution in [1.29, 1.82) is 0 Å². The van der Waals surface area contributed by atoms with Crippen LogP contribution >= 0.6 is 0 Å². The lowest BCUT2D eigenvalue weighted by Crippen LogP contribution is -2.34. The molecule has 4 aromatic rings. The summed E-state index contributed by atoms with van der Waals surface area (Å²) in [4.78, 5) is 12.0. The van der Waals surface area contributed by atoms with Crippen molar-refractivity contribution in [2.45, 2.75) is 45.6 Å². The van der Waals surface area contributed by atoms with Gasteiger partial charge in [-0.05, 0) is 75.0 Å². The van der Waals surface area contributed by atoms with Crippen LogP contribution in [0.3, 0.4) is 0 Å². The van der Waals surface area contributed by atoms with Crippen molar-refractivity contribution in [2.75, 3.05) is 13.1 Å². The first-order valence-corrected chi connectivity index (χ1v) is 11.3. The van der Waals surface area contributed by atoms with E-state index in [1.165, 1.54) is 11.6 Å². The number of aryl methyl sites for hydroxylation is 2. The van der Waals surface area contributed by atoms with Crippen molar-refractivity contribution in [3.05, 3.63) is 94.4 Å². The molecule has 0 saturated carbocycles. The normalized spacial score (nSPS) is 17.2. The summed E-state index contributed by atoms with van der Waals surface area (Å²) < 4.78 is 15.4. The highest BCUT2D eigenvalue weighted by atomic mass is 19.1. The monoisotopic (exact) mass is 429 g/mol. The number of piperidine rings is 1. The molecular formula is C26H28FN5. The zero-order valence-corrected chi connectivity index (χ0v) is 18.6.